The van der Waals surface area contributed by atoms with Gasteiger partial charge in [0, 0.05) is 63.7 Å². The highest BCUT2D eigenvalue weighted by Gasteiger charge is 2.24. The quantitative estimate of drug-likeness (QED) is 0.145. The van der Waals surface area contributed by atoms with Crippen molar-refractivity contribution in [3.05, 3.63) is 108 Å². The van der Waals surface area contributed by atoms with E-state index >= 15 is 0 Å². The lowest BCUT2D eigenvalue weighted by atomic mass is 10.2. The third kappa shape index (κ3) is 11.5. The fourth-order valence-corrected chi connectivity index (χ4v) is 4.49. The molecule has 1 saturated heterocycles. The molecular formula is C34H54N6O2P2. The van der Waals surface area contributed by atoms with Gasteiger partial charge in [-0.3, -0.25) is 0 Å². The minimum absolute atomic E-state index is 0. The molecule has 0 bridgehead atoms. The van der Waals surface area contributed by atoms with E-state index in [9.17, 15) is 0 Å². The van der Waals surface area contributed by atoms with Gasteiger partial charge in [-0.15, -0.1) is 0 Å². The Morgan fingerprint density at radius 3 is 1.16 bits per heavy atom. The summed E-state index contributed by atoms with van der Waals surface area (Å²) >= 11 is 0. The first-order valence-electron chi connectivity index (χ1n) is 15.6. The van der Waals surface area contributed by atoms with Crippen LogP contribution in [0.25, 0.3) is 0 Å². The SMILES string of the molecule is Cc1ccc(N)cc1.Cc1ccc(N2CN(c3ccc(N(C)C)cc3)CN(c3ccc(N(C)C)cc3)C2)cc1.OCO.[2H]P[2H].[3H]P.[HH]. The molecule has 4 aromatic carbocycles. The average molecular weight is 645 g/mol. The largest absolute Gasteiger partial charge is 0.399 e. The normalized spacial score (nSPS) is 12.6. The van der Waals surface area contributed by atoms with E-state index in [4.69, 9.17) is 19.8 Å². The van der Waals surface area contributed by atoms with E-state index < -0.39 is 16.6 Å². The number of aliphatic hydroxyl groups is 2. The van der Waals surface area contributed by atoms with Gasteiger partial charge in [-0.2, -0.15) is 19.6 Å². The summed E-state index contributed by atoms with van der Waals surface area (Å²) in [5.41, 5.74) is 14.9. The number of rotatable bonds is 5. The number of aliphatic hydroxyl groups excluding tert-OH is 1. The van der Waals surface area contributed by atoms with E-state index in [-0.39, 0.29) is 1.43 Å². The van der Waals surface area contributed by atoms with Crippen LogP contribution in [0.15, 0.2) is 97.1 Å². The molecule has 0 saturated carbocycles. The number of anilines is 6. The molecule has 10 heteroatoms. The second kappa shape index (κ2) is 19.0. The van der Waals surface area contributed by atoms with Crippen LogP contribution in [0.3, 0.4) is 0 Å². The highest BCUT2D eigenvalue weighted by molar-refractivity contribution is 6.92. The van der Waals surface area contributed by atoms with Crippen LogP contribution in [0.1, 0.15) is 12.6 Å². The molecule has 0 aromatic heterocycles. The molecule has 1 aliphatic rings. The molecular weight excluding hydrogens is 586 g/mol. The van der Waals surface area contributed by atoms with Gasteiger partial charge in [0.1, 0.15) is 6.79 Å². The fraction of sp³-hybridized carbons (Fsp3) is 0.294. The number of benzene rings is 4. The first-order valence-corrected chi connectivity index (χ1v) is 14.0. The van der Waals surface area contributed by atoms with Gasteiger partial charge in [-0.1, -0.05) is 35.4 Å². The van der Waals surface area contributed by atoms with Gasteiger partial charge in [-0.25, -0.2) is 0 Å². The molecule has 0 spiro atoms. The third-order valence-electron chi connectivity index (χ3n) is 6.96. The van der Waals surface area contributed by atoms with Crippen molar-refractivity contribution in [3.8, 4) is 0 Å². The molecule has 0 amide bonds. The number of aryl methyl sites for hydroxylation is 2. The Morgan fingerprint density at radius 2 is 0.909 bits per heavy atom. The minimum atomic E-state index is -0.750. The average Bonchev–Trinajstić information content (AvgIpc) is 3.08. The van der Waals surface area contributed by atoms with E-state index in [0.717, 1.165) is 25.7 Å². The van der Waals surface area contributed by atoms with E-state index in [2.05, 4.69) is 132 Å². The lowest BCUT2D eigenvalue weighted by Gasteiger charge is -2.45. The zero-order valence-electron chi connectivity index (χ0n) is 29.9. The standard InChI is InChI=1S/C26H33N5.C7H9N.CH4O2.2H3P.H2/c1-21-6-8-24(9-7-21)29-18-30(25-14-10-22(11-15-25)27(2)3)20-31(19-29)26-16-12-23(13-17-26)28(4)5;1-6-2-4-7(8)5-3-6;2-1-3;;;/h6-17H,18-20H2,1-5H3;2-5H,8H2,1H3;2-3H,1H2;2*1H3;1H/i;;;1T;1D2;. The molecule has 5 rings (SSSR count). The molecule has 1 heterocycles. The summed E-state index contributed by atoms with van der Waals surface area (Å²) in [7, 11) is 9.56. The molecule has 4 N–H and O–H groups in total. The molecule has 8 nitrogen and oxygen atoms in total. The van der Waals surface area contributed by atoms with Gasteiger partial charge in [0.05, 0.1) is 23.8 Å². The summed E-state index contributed by atoms with van der Waals surface area (Å²) < 4.78 is 17.5. The van der Waals surface area contributed by atoms with Gasteiger partial charge in [0.25, 0.3) is 0 Å². The predicted molar refractivity (Wildman–Crippen MR) is 204 cm³/mol. The summed E-state index contributed by atoms with van der Waals surface area (Å²) in [4.78, 5) is 11.6. The van der Waals surface area contributed by atoms with Crippen LogP contribution in [0, 0.1) is 13.8 Å². The van der Waals surface area contributed by atoms with Crippen LogP contribution in [-0.2, 0) is 0 Å². The zero-order chi connectivity index (χ0) is 35.4. The Hall–Kier alpha value is -3.54. The molecule has 44 heavy (non-hydrogen) atoms. The van der Waals surface area contributed by atoms with Gasteiger partial charge in [-0.05, 0) is 86.6 Å². The fourth-order valence-electron chi connectivity index (χ4n) is 4.49. The van der Waals surface area contributed by atoms with Crippen molar-refractivity contribution in [2.24, 2.45) is 0 Å². The maximum atomic E-state index is 7.12. The van der Waals surface area contributed by atoms with Crippen LogP contribution in [0.4, 0.5) is 34.1 Å². The molecule has 0 radical (unpaired) electrons. The second-order valence-electron chi connectivity index (χ2n) is 10.8. The van der Waals surface area contributed by atoms with E-state index in [1.165, 1.54) is 39.6 Å². The zero-order valence-corrected chi connectivity index (χ0v) is 29.0. The van der Waals surface area contributed by atoms with Crippen molar-refractivity contribution >= 4 is 53.8 Å². The summed E-state index contributed by atoms with van der Waals surface area (Å²) in [6, 6.07) is 34.3. The maximum absolute atomic E-state index is 7.12. The maximum Gasteiger partial charge on any atom is 0.140 e. The van der Waals surface area contributed by atoms with Crippen molar-refractivity contribution in [1.82, 2.24) is 0 Å². The van der Waals surface area contributed by atoms with Crippen molar-refractivity contribution in [1.29, 1.82) is 3.84 Å². The Bertz CT molecular complexity index is 1290. The van der Waals surface area contributed by atoms with Crippen LogP contribution in [-0.4, -0.2) is 69.0 Å². The number of nitrogens with zero attached hydrogens (tertiary/aromatic N) is 5. The Morgan fingerprint density at radius 1 is 0.659 bits per heavy atom. The van der Waals surface area contributed by atoms with Crippen molar-refractivity contribution < 1.29 is 11.6 Å². The summed E-state index contributed by atoms with van der Waals surface area (Å²) in [5, 5.41) is 14.2. The van der Waals surface area contributed by atoms with Crippen LogP contribution in [0.2, 0.25) is 0 Å². The monoisotopic (exact) mass is 644 g/mol. The van der Waals surface area contributed by atoms with Gasteiger partial charge in [0.15, 0.2) is 0 Å². The summed E-state index contributed by atoms with van der Waals surface area (Å²) in [5.74, 6) is 0. The van der Waals surface area contributed by atoms with E-state index in [1.54, 1.807) is 9.84 Å². The smallest absolute Gasteiger partial charge is 0.140 e. The summed E-state index contributed by atoms with van der Waals surface area (Å²) in [6.07, 6.45) is 0. The molecule has 242 valence electrons. The number of hydrogen-bond acceptors (Lipinski definition) is 8. The van der Waals surface area contributed by atoms with Crippen LogP contribution >= 0.6 is 19.6 Å². The predicted octanol–water partition coefficient (Wildman–Crippen LogP) is 5.70. The molecule has 1 unspecified atom stereocenters. The molecule has 1 aliphatic heterocycles. The van der Waals surface area contributed by atoms with Crippen LogP contribution in [0.5, 0.6) is 0 Å². The molecule has 0 aliphatic carbocycles. The molecule has 4 aromatic rings. The number of nitrogens with two attached hydrogens (primary N) is 1. The minimum Gasteiger partial charge on any atom is -0.399 e. The Labute approximate surface area is 276 Å². The lowest BCUT2D eigenvalue weighted by Crippen LogP contribution is -2.55. The summed E-state index contributed by atoms with van der Waals surface area (Å²) in [6.45, 7) is 5.99. The van der Waals surface area contributed by atoms with Gasteiger partial charge < -0.3 is 40.4 Å². The van der Waals surface area contributed by atoms with E-state index in [0.29, 0.717) is 0 Å². The van der Waals surface area contributed by atoms with Crippen molar-refractivity contribution in [3.63, 3.8) is 0 Å². The van der Waals surface area contributed by atoms with Gasteiger partial charge >= 0.3 is 0 Å². The van der Waals surface area contributed by atoms with Crippen molar-refractivity contribution in [2.45, 2.75) is 13.8 Å². The van der Waals surface area contributed by atoms with Crippen molar-refractivity contribution in [2.75, 3.05) is 85.2 Å². The molecule has 1 fully saturated rings. The Balaban J connectivity index is 0.00000109. The Kier molecular flexibility index (Phi) is 14.4. The molecule has 1 atom stereocenters. The number of hydrogen-bond donors (Lipinski definition) is 3. The highest BCUT2D eigenvalue weighted by Crippen LogP contribution is 2.29. The lowest BCUT2D eigenvalue weighted by molar-refractivity contribution is 0.0773. The van der Waals surface area contributed by atoms with E-state index in [1.807, 2.05) is 31.2 Å². The first kappa shape index (κ1) is 33.4. The topological polar surface area (TPSA) is 82.7 Å². The highest BCUT2D eigenvalue weighted by atomic mass is 31.0. The number of nitrogen functional groups attached to an aromatic ring is 1. The second-order valence-corrected chi connectivity index (χ2v) is 10.8. The third-order valence-corrected chi connectivity index (χ3v) is 6.96. The van der Waals surface area contributed by atoms with Gasteiger partial charge in [0.2, 0.25) is 0 Å². The van der Waals surface area contributed by atoms with Crippen LogP contribution < -0.4 is 30.2 Å². The first-order chi connectivity index (χ1) is 22.5.